The van der Waals surface area contributed by atoms with E-state index in [1.807, 2.05) is 52.8 Å². The van der Waals surface area contributed by atoms with Gasteiger partial charge in [-0.25, -0.2) is 4.99 Å². The molecule has 0 atom stereocenters. The molecule has 0 saturated carbocycles. The number of rotatable bonds is 7. The van der Waals surface area contributed by atoms with Gasteiger partial charge in [0, 0.05) is 24.2 Å². The summed E-state index contributed by atoms with van der Waals surface area (Å²) >= 11 is 0. The van der Waals surface area contributed by atoms with Crippen LogP contribution < -0.4 is 15.4 Å². The zero-order chi connectivity index (χ0) is 19.9. The van der Waals surface area contributed by atoms with Crippen LogP contribution in [0.15, 0.2) is 33.8 Å². The molecule has 0 aliphatic rings. The minimum atomic E-state index is -0.239. The lowest BCUT2D eigenvalue weighted by molar-refractivity contribution is 0.129. The van der Waals surface area contributed by atoms with Gasteiger partial charge in [0.05, 0.1) is 12.2 Å². The number of guanidine groups is 1. The van der Waals surface area contributed by atoms with Crippen molar-refractivity contribution >= 4 is 5.96 Å². The van der Waals surface area contributed by atoms with Crippen LogP contribution in [0.2, 0.25) is 0 Å². The lowest BCUT2D eigenvalue weighted by atomic mass is 10.1. The largest absolute Gasteiger partial charge is 0.488 e. The standard InChI is InChI=1S/C21H32N4O2/c1-7-22-20(23-13-12-18-15(2)25-27-16(18)3)24-14-17-10-8-9-11-19(17)26-21(4,5)6/h8-11H,7,12-14H2,1-6H3,(H2,22,23,24). The molecule has 27 heavy (non-hydrogen) atoms. The smallest absolute Gasteiger partial charge is 0.191 e. The van der Waals surface area contributed by atoms with E-state index in [9.17, 15) is 0 Å². The first-order chi connectivity index (χ1) is 12.8. The number of nitrogens with one attached hydrogen (secondary N) is 2. The molecule has 1 aromatic heterocycles. The van der Waals surface area contributed by atoms with Crippen LogP contribution in [-0.4, -0.2) is 29.8 Å². The van der Waals surface area contributed by atoms with Crippen molar-refractivity contribution in [2.75, 3.05) is 13.1 Å². The molecule has 2 aromatic rings. The minimum absolute atomic E-state index is 0.239. The maximum absolute atomic E-state index is 6.05. The first kappa shape index (κ1) is 20.8. The van der Waals surface area contributed by atoms with Crippen LogP contribution in [0, 0.1) is 13.8 Å². The number of ether oxygens (including phenoxy) is 1. The number of hydrogen-bond acceptors (Lipinski definition) is 4. The Balaban J connectivity index is 2.01. The first-order valence-electron chi connectivity index (χ1n) is 9.51. The van der Waals surface area contributed by atoms with Gasteiger partial charge < -0.3 is 19.9 Å². The third kappa shape index (κ3) is 6.62. The molecule has 1 heterocycles. The van der Waals surface area contributed by atoms with Crippen molar-refractivity contribution in [3.05, 3.63) is 46.8 Å². The molecule has 0 unspecified atom stereocenters. The molecular formula is C21H32N4O2. The van der Waals surface area contributed by atoms with E-state index in [0.29, 0.717) is 6.54 Å². The predicted molar refractivity (Wildman–Crippen MR) is 109 cm³/mol. The molecule has 2 N–H and O–H groups in total. The van der Waals surface area contributed by atoms with Gasteiger partial charge in [0.2, 0.25) is 0 Å². The van der Waals surface area contributed by atoms with Gasteiger partial charge >= 0.3 is 0 Å². The highest BCUT2D eigenvalue weighted by atomic mass is 16.5. The monoisotopic (exact) mass is 372 g/mol. The molecule has 148 valence electrons. The first-order valence-corrected chi connectivity index (χ1v) is 9.51. The fourth-order valence-electron chi connectivity index (χ4n) is 2.73. The molecule has 0 amide bonds. The SMILES string of the molecule is CCNC(=NCc1ccccc1OC(C)(C)C)NCCc1c(C)noc1C. The Morgan fingerprint density at radius 3 is 2.56 bits per heavy atom. The second kappa shape index (κ2) is 9.44. The van der Waals surface area contributed by atoms with Crippen molar-refractivity contribution in [3.8, 4) is 5.75 Å². The van der Waals surface area contributed by atoms with Gasteiger partial charge in [0.15, 0.2) is 5.96 Å². The average Bonchev–Trinajstić information content (AvgIpc) is 2.91. The molecule has 2 rings (SSSR count). The van der Waals surface area contributed by atoms with Gasteiger partial charge in [0.1, 0.15) is 17.1 Å². The highest BCUT2D eigenvalue weighted by Crippen LogP contribution is 2.23. The Bertz CT molecular complexity index is 740. The van der Waals surface area contributed by atoms with Crippen LogP contribution in [-0.2, 0) is 13.0 Å². The molecule has 6 heteroatoms. The van der Waals surface area contributed by atoms with Gasteiger partial charge in [-0.15, -0.1) is 0 Å². The summed E-state index contributed by atoms with van der Waals surface area (Å²) in [6, 6.07) is 8.05. The van der Waals surface area contributed by atoms with Crippen LogP contribution in [0.4, 0.5) is 0 Å². The van der Waals surface area contributed by atoms with E-state index in [1.165, 1.54) is 0 Å². The summed E-state index contributed by atoms with van der Waals surface area (Å²) in [6.45, 7) is 14.2. The highest BCUT2D eigenvalue weighted by Gasteiger charge is 2.14. The Hall–Kier alpha value is -2.50. The number of para-hydroxylation sites is 1. The number of aryl methyl sites for hydroxylation is 2. The van der Waals surface area contributed by atoms with Crippen molar-refractivity contribution in [2.45, 2.75) is 60.1 Å². The van der Waals surface area contributed by atoms with Gasteiger partial charge in [0.25, 0.3) is 0 Å². The summed E-state index contributed by atoms with van der Waals surface area (Å²) < 4.78 is 11.3. The topological polar surface area (TPSA) is 71.7 Å². The number of aliphatic imine (C=N–C) groups is 1. The quantitative estimate of drug-likeness (QED) is 0.572. The van der Waals surface area contributed by atoms with E-state index in [1.54, 1.807) is 0 Å². The highest BCUT2D eigenvalue weighted by molar-refractivity contribution is 5.79. The molecule has 1 aromatic carbocycles. The molecule has 0 saturated heterocycles. The Morgan fingerprint density at radius 1 is 1.19 bits per heavy atom. The van der Waals surface area contributed by atoms with Crippen molar-refractivity contribution in [1.82, 2.24) is 15.8 Å². The molecule has 0 radical (unpaired) electrons. The summed E-state index contributed by atoms with van der Waals surface area (Å²) in [4.78, 5) is 4.71. The number of nitrogens with zero attached hydrogens (tertiary/aromatic N) is 2. The summed E-state index contributed by atoms with van der Waals surface area (Å²) in [7, 11) is 0. The molecule has 0 aliphatic heterocycles. The molecule has 6 nitrogen and oxygen atoms in total. The van der Waals surface area contributed by atoms with Crippen LogP contribution >= 0.6 is 0 Å². The van der Waals surface area contributed by atoms with Crippen molar-refractivity contribution in [1.29, 1.82) is 0 Å². The zero-order valence-electron chi connectivity index (χ0n) is 17.3. The molecule has 0 bridgehead atoms. The Kier molecular flexibility index (Phi) is 7.28. The molecule has 0 fully saturated rings. The lowest BCUT2D eigenvalue weighted by Crippen LogP contribution is -2.38. The minimum Gasteiger partial charge on any atom is -0.488 e. The van der Waals surface area contributed by atoms with E-state index >= 15 is 0 Å². The normalized spacial score (nSPS) is 12.1. The van der Waals surface area contributed by atoms with E-state index in [-0.39, 0.29) is 5.60 Å². The van der Waals surface area contributed by atoms with E-state index in [4.69, 9.17) is 14.3 Å². The second-order valence-corrected chi connectivity index (χ2v) is 7.50. The van der Waals surface area contributed by atoms with E-state index in [0.717, 1.165) is 53.8 Å². The van der Waals surface area contributed by atoms with Crippen molar-refractivity contribution in [2.24, 2.45) is 4.99 Å². The zero-order valence-corrected chi connectivity index (χ0v) is 17.3. The van der Waals surface area contributed by atoms with Gasteiger partial charge in [-0.3, -0.25) is 0 Å². The maximum atomic E-state index is 6.05. The van der Waals surface area contributed by atoms with Crippen molar-refractivity contribution < 1.29 is 9.26 Å². The maximum Gasteiger partial charge on any atom is 0.191 e. The fourth-order valence-corrected chi connectivity index (χ4v) is 2.73. The van der Waals surface area contributed by atoms with Crippen molar-refractivity contribution in [3.63, 3.8) is 0 Å². The molecule has 0 aliphatic carbocycles. The van der Waals surface area contributed by atoms with Gasteiger partial charge in [-0.1, -0.05) is 23.4 Å². The van der Waals surface area contributed by atoms with E-state index < -0.39 is 0 Å². The Labute approximate surface area is 162 Å². The van der Waals surface area contributed by atoms with E-state index in [2.05, 4.69) is 28.8 Å². The number of aromatic nitrogens is 1. The van der Waals surface area contributed by atoms with Crippen LogP contribution in [0.3, 0.4) is 0 Å². The summed E-state index contributed by atoms with van der Waals surface area (Å²) in [5.41, 5.74) is 2.93. The summed E-state index contributed by atoms with van der Waals surface area (Å²) in [5.74, 6) is 2.54. The van der Waals surface area contributed by atoms with Gasteiger partial charge in [-0.05, 0) is 54.0 Å². The molecule has 0 spiro atoms. The predicted octanol–water partition coefficient (Wildman–Crippen LogP) is 3.77. The lowest BCUT2D eigenvalue weighted by Gasteiger charge is -2.23. The third-order valence-corrected chi connectivity index (χ3v) is 3.99. The van der Waals surface area contributed by atoms with Gasteiger partial charge in [-0.2, -0.15) is 0 Å². The summed E-state index contributed by atoms with van der Waals surface area (Å²) in [6.07, 6.45) is 0.843. The third-order valence-electron chi connectivity index (χ3n) is 3.99. The van der Waals surface area contributed by atoms with Crippen LogP contribution in [0.1, 0.15) is 50.3 Å². The Morgan fingerprint density at radius 2 is 1.93 bits per heavy atom. The number of hydrogen-bond donors (Lipinski definition) is 2. The second-order valence-electron chi connectivity index (χ2n) is 7.50. The van der Waals surface area contributed by atoms with Crippen LogP contribution in [0.25, 0.3) is 0 Å². The fraction of sp³-hybridized carbons (Fsp3) is 0.524. The number of benzene rings is 1. The molecular weight excluding hydrogens is 340 g/mol. The average molecular weight is 373 g/mol. The summed E-state index contributed by atoms with van der Waals surface area (Å²) in [5, 5.41) is 10.7. The van der Waals surface area contributed by atoms with Crippen LogP contribution in [0.5, 0.6) is 5.75 Å².